The zero-order chi connectivity index (χ0) is 14.7. The zero-order valence-electron chi connectivity index (χ0n) is 12.6. The van der Waals surface area contributed by atoms with Gasteiger partial charge in [0.05, 0.1) is 6.42 Å². The second-order valence-corrected chi connectivity index (χ2v) is 7.07. The molecule has 1 aromatic rings. The molecule has 21 heavy (non-hydrogen) atoms. The van der Waals surface area contributed by atoms with Crippen molar-refractivity contribution in [3.05, 3.63) is 35.0 Å². The fourth-order valence-corrected chi connectivity index (χ4v) is 4.57. The molecular weight excluding hydrogens is 280 g/mol. The average molecular weight is 304 g/mol. The summed E-state index contributed by atoms with van der Waals surface area (Å²) in [6.45, 7) is 7.82. The summed E-state index contributed by atoms with van der Waals surface area (Å²) < 4.78 is 0. The lowest BCUT2D eigenvalue weighted by atomic mass is 9.86. The van der Waals surface area contributed by atoms with E-state index in [1.165, 1.54) is 19.3 Å². The molecule has 1 atom stereocenters. The van der Waals surface area contributed by atoms with Gasteiger partial charge in [0, 0.05) is 25.2 Å². The maximum absolute atomic E-state index is 12.6. The van der Waals surface area contributed by atoms with Crippen LogP contribution in [0.4, 0.5) is 0 Å². The number of hydrogen-bond donors (Lipinski definition) is 0. The van der Waals surface area contributed by atoms with Crippen molar-refractivity contribution >= 4 is 17.2 Å². The van der Waals surface area contributed by atoms with E-state index >= 15 is 0 Å². The van der Waals surface area contributed by atoms with Crippen LogP contribution in [0.1, 0.15) is 31.2 Å². The summed E-state index contributed by atoms with van der Waals surface area (Å²) in [4.78, 5) is 17.2. The van der Waals surface area contributed by atoms with Gasteiger partial charge in [-0.05, 0) is 54.6 Å². The number of hydrogen-bond acceptors (Lipinski definition) is 3. The summed E-state index contributed by atoms with van der Waals surface area (Å²) in [5.41, 5.74) is 1.37. The van der Waals surface area contributed by atoms with Gasteiger partial charge in [0.1, 0.15) is 0 Å². The maximum atomic E-state index is 12.6. The van der Waals surface area contributed by atoms with Crippen molar-refractivity contribution in [2.45, 2.75) is 37.6 Å². The monoisotopic (exact) mass is 304 g/mol. The first-order chi connectivity index (χ1) is 10.2. The third-order valence-electron chi connectivity index (χ3n) is 4.93. The highest BCUT2D eigenvalue weighted by Crippen LogP contribution is 2.37. The summed E-state index contributed by atoms with van der Waals surface area (Å²) in [6.07, 6.45) is 7.38. The normalized spacial score (nSPS) is 26.4. The number of nitrogens with zero attached hydrogens (tertiary/aromatic N) is 2. The molecule has 2 aliphatic heterocycles. The van der Waals surface area contributed by atoms with Crippen LogP contribution in [0.25, 0.3) is 0 Å². The maximum Gasteiger partial charge on any atom is 0.227 e. The van der Waals surface area contributed by atoms with E-state index in [9.17, 15) is 4.79 Å². The molecule has 1 spiro atoms. The van der Waals surface area contributed by atoms with Crippen LogP contribution < -0.4 is 0 Å². The first kappa shape index (κ1) is 14.8. The van der Waals surface area contributed by atoms with Crippen LogP contribution in [0.2, 0.25) is 0 Å². The highest BCUT2D eigenvalue weighted by Gasteiger charge is 2.44. The van der Waals surface area contributed by atoms with Crippen LogP contribution in [0, 0.1) is 0 Å². The Balaban J connectivity index is 1.67. The Hall–Kier alpha value is -1.13. The highest BCUT2D eigenvalue weighted by molar-refractivity contribution is 7.07. The predicted octanol–water partition coefficient (Wildman–Crippen LogP) is 2.93. The van der Waals surface area contributed by atoms with Crippen LogP contribution in [0.5, 0.6) is 0 Å². The largest absolute Gasteiger partial charge is 0.341 e. The van der Waals surface area contributed by atoms with Crippen molar-refractivity contribution < 1.29 is 4.79 Å². The summed E-state index contributed by atoms with van der Waals surface area (Å²) in [6, 6.07) is 2.06. The zero-order valence-corrected chi connectivity index (χ0v) is 13.4. The number of carbonyl (C=O) groups excluding carboxylic acids is 1. The molecule has 3 heterocycles. The number of carbonyl (C=O) groups is 1. The molecule has 0 N–H and O–H groups in total. The van der Waals surface area contributed by atoms with Gasteiger partial charge in [-0.25, -0.2) is 0 Å². The molecule has 1 amide bonds. The van der Waals surface area contributed by atoms with Crippen molar-refractivity contribution in [1.82, 2.24) is 9.80 Å². The Kier molecular flexibility index (Phi) is 4.45. The van der Waals surface area contributed by atoms with E-state index in [1.54, 1.807) is 11.3 Å². The molecule has 2 fully saturated rings. The van der Waals surface area contributed by atoms with Gasteiger partial charge >= 0.3 is 0 Å². The topological polar surface area (TPSA) is 23.6 Å². The van der Waals surface area contributed by atoms with Crippen molar-refractivity contribution in [2.24, 2.45) is 0 Å². The summed E-state index contributed by atoms with van der Waals surface area (Å²) in [7, 11) is 0. The lowest BCUT2D eigenvalue weighted by Crippen LogP contribution is -2.57. The molecule has 2 aliphatic rings. The van der Waals surface area contributed by atoms with E-state index in [-0.39, 0.29) is 11.4 Å². The van der Waals surface area contributed by atoms with E-state index in [2.05, 4.69) is 27.8 Å². The Labute approximate surface area is 131 Å². The predicted molar refractivity (Wildman–Crippen MR) is 87.6 cm³/mol. The molecule has 0 unspecified atom stereocenters. The SMILES string of the molecule is C=CCN1CCC[C@@]12CCCN(C(=O)Cc1ccsc1)C2. The van der Waals surface area contributed by atoms with Gasteiger partial charge in [0.15, 0.2) is 0 Å². The van der Waals surface area contributed by atoms with Gasteiger partial charge in [-0.1, -0.05) is 6.08 Å². The first-order valence-corrected chi connectivity index (χ1v) is 8.83. The van der Waals surface area contributed by atoms with E-state index < -0.39 is 0 Å². The minimum Gasteiger partial charge on any atom is -0.341 e. The number of thiophene rings is 1. The summed E-state index contributed by atoms with van der Waals surface area (Å²) in [5.74, 6) is 0.290. The number of amides is 1. The molecule has 114 valence electrons. The van der Waals surface area contributed by atoms with Gasteiger partial charge in [0.2, 0.25) is 5.91 Å². The van der Waals surface area contributed by atoms with E-state index in [0.717, 1.165) is 38.2 Å². The quantitative estimate of drug-likeness (QED) is 0.799. The third-order valence-corrected chi connectivity index (χ3v) is 5.67. The molecule has 3 rings (SSSR count). The molecule has 1 aromatic heterocycles. The van der Waals surface area contributed by atoms with Crippen LogP contribution in [0.3, 0.4) is 0 Å². The third kappa shape index (κ3) is 3.06. The smallest absolute Gasteiger partial charge is 0.227 e. The number of rotatable bonds is 4. The Morgan fingerprint density at radius 3 is 2.90 bits per heavy atom. The fourth-order valence-electron chi connectivity index (χ4n) is 3.90. The van der Waals surface area contributed by atoms with Crippen LogP contribution in [0.15, 0.2) is 29.5 Å². The molecule has 0 aromatic carbocycles. The lowest BCUT2D eigenvalue weighted by Gasteiger charge is -2.46. The van der Waals surface area contributed by atoms with Crippen molar-refractivity contribution in [1.29, 1.82) is 0 Å². The Morgan fingerprint density at radius 1 is 1.38 bits per heavy atom. The molecule has 2 saturated heterocycles. The highest BCUT2D eigenvalue weighted by atomic mass is 32.1. The molecule has 0 saturated carbocycles. The first-order valence-electron chi connectivity index (χ1n) is 7.88. The number of likely N-dealkylation sites (tertiary alicyclic amines) is 2. The molecule has 4 heteroatoms. The van der Waals surface area contributed by atoms with Gasteiger partial charge in [0.25, 0.3) is 0 Å². The van der Waals surface area contributed by atoms with Gasteiger partial charge < -0.3 is 4.90 Å². The van der Waals surface area contributed by atoms with Gasteiger partial charge in [-0.3, -0.25) is 9.69 Å². The lowest BCUT2D eigenvalue weighted by molar-refractivity contribution is -0.134. The van der Waals surface area contributed by atoms with Gasteiger partial charge in [-0.2, -0.15) is 11.3 Å². The van der Waals surface area contributed by atoms with Crippen LogP contribution in [-0.4, -0.2) is 47.4 Å². The Morgan fingerprint density at radius 2 is 2.19 bits per heavy atom. The van der Waals surface area contributed by atoms with E-state index in [4.69, 9.17) is 0 Å². The molecule has 0 radical (unpaired) electrons. The second-order valence-electron chi connectivity index (χ2n) is 6.29. The molecule has 0 aliphatic carbocycles. The minimum absolute atomic E-state index is 0.219. The van der Waals surface area contributed by atoms with E-state index in [1.807, 2.05) is 11.5 Å². The van der Waals surface area contributed by atoms with E-state index in [0.29, 0.717) is 6.42 Å². The van der Waals surface area contributed by atoms with Crippen molar-refractivity contribution in [3.8, 4) is 0 Å². The average Bonchev–Trinajstić information content (AvgIpc) is 3.11. The van der Waals surface area contributed by atoms with Crippen LogP contribution >= 0.6 is 11.3 Å². The molecule has 0 bridgehead atoms. The number of piperidine rings is 1. The summed E-state index contributed by atoms with van der Waals surface area (Å²) >= 11 is 1.66. The van der Waals surface area contributed by atoms with Crippen molar-refractivity contribution in [3.63, 3.8) is 0 Å². The second kappa shape index (κ2) is 6.32. The molecule has 3 nitrogen and oxygen atoms in total. The molecular formula is C17H24N2OS. The Bertz CT molecular complexity index is 499. The summed E-state index contributed by atoms with van der Waals surface area (Å²) in [5, 5.41) is 4.13. The standard InChI is InChI=1S/C17H24N2OS/c1-2-8-19-10-4-7-17(19)6-3-9-18(14-17)16(20)12-15-5-11-21-13-15/h2,5,11,13H,1,3-4,6-10,12,14H2/t17-/m1/s1. The fraction of sp³-hybridized carbons (Fsp3) is 0.588. The van der Waals surface area contributed by atoms with Gasteiger partial charge in [-0.15, -0.1) is 6.58 Å². The minimum atomic E-state index is 0.219. The van der Waals surface area contributed by atoms with Crippen molar-refractivity contribution in [2.75, 3.05) is 26.2 Å². The van der Waals surface area contributed by atoms with Crippen LogP contribution in [-0.2, 0) is 11.2 Å².